The lowest BCUT2D eigenvalue weighted by molar-refractivity contribution is 0.0644. The van der Waals surface area contributed by atoms with Gasteiger partial charge in [0.1, 0.15) is 33.1 Å². The number of carbonyl (C=O) groups is 4. The quantitative estimate of drug-likeness (QED) is 0.0717. The van der Waals surface area contributed by atoms with Gasteiger partial charge in [-0.2, -0.15) is 0 Å². The molecule has 0 spiro atoms. The summed E-state index contributed by atoms with van der Waals surface area (Å²) in [5.74, 6) is -6.93. The lowest BCUT2D eigenvalue weighted by Gasteiger charge is -2.31. The molecule has 2 heterocycles. The highest BCUT2D eigenvalue weighted by Gasteiger charge is 2.32. The number of halogens is 7. The Morgan fingerprint density at radius 2 is 1.08 bits per heavy atom. The van der Waals surface area contributed by atoms with E-state index in [1.54, 1.807) is 74.8 Å². The average Bonchev–Trinajstić information content (AvgIpc) is 3.31. The highest BCUT2D eigenvalue weighted by atomic mass is 35.5. The summed E-state index contributed by atoms with van der Waals surface area (Å²) in [6.07, 6.45) is 0.716. The SMILES string of the molecule is CN(C)C(=O)Cl.CN(C)C(=O)Oc1c(Cl)cc(C(=O)N2CCC2)cc1S(=O)(=O)Nc1cc(-c2ccccc2)c(F)cc1F.O=C(c1cc(Cl)c(O)c(S(=O)(=O)Cc2cc(-c3ccccc3)c(F)cc2F)c1)N1CCC1. The van der Waals surface area contributed by atoms with Crippen LogP contribution in [0, 0.1) is 23.3 Å². The number of likely N-dealkylation sites (tertiary alicyclic amines) is 2. The number of hydrogen-bond acceptors (Lipinski definition) is 10. The number of aromatic hydroxyl groups is 1. The van der Waals surface area contributed by atoms with Crippen LogP contribution in [0.3, 0.4) is 0 Å². The number of benzene rings is 6. The first-order chi connectivity index (χ1) is 35.3. The van der Waals surface area contributed by atoms with Gasteiger partial charge >= 0.3 is 11.5 Å². The predicted octanol–water partition coefficient (Wildman–Crippen LogP) is 10.7. The third kappa shape index (κ3) is 13.9. The minimum Gasteiger partial charge on any atom is -0.505 e. The fourth-order valence-electron chi connectivity index (χ4n) is 7.00. The van der Waals surface area contributed by atoms with Crippen molar-refractivity contribution in [1.29, 1.82) is 0 Å². The molecule has 24 heteroatoms. The molecule has 0 saturated carbocycles. The molecule has 8 rings (SSSR count). The van der Waals surface area contributed by atoms with Gasteiger partial charge in [0, 0.05) is 94.3 Å². The Hall–Kier alpha value is -6.91. The number of phenolic OH excluding ortho intramolecular Hbond substituents is 1. The Morgan fingerprint density at radius 1 is 0.627 bits per heavy atom. The van der Waals surface area contributed by atoms with Gasteiger partial charge in [-0.15, -0.1) is 0 Å². The minimum atomic E-state index is -4.71. The van der Waals surface area contributed by atoms with Crippen LogP contribution < -0.4 is 9.46 Å². The molecule has 15 nitrogen and oxygen atoms in total. The molecule has 396 valence electrons. The number of carbonyl (C=O) groups excluding carboxylic acids is 4. The maximum absolute atomic E-state index is 14.7. The molecule has 0 aliphatic carbocycles. The molecule has 75 heavy (non-hydrogen) atoms. The van der Waals surface area contributed by atoms with E-state index in [4.69, 9.17) is 39.5 Å². The van der Waals surface area contributed by atoms with Gasteiger partial charge < -0.3 is 29.4 Å². The molecule has 6 aromatic carbocycles. The Labute approximate surface area is 444 Å². The lowest BCUT2D eigenvalue weighted by atomic mass is 10.0. The van der Waals surface area contributed by atoms with Crippen LogP contribution in [0.1, 0.15) is 39.1 Å². The Bertz CT molecular complexity index is 3390. The molecule has 2 saturated heterocycles. The number of ether oxygens (including phenoxy) is 1. The van der Waals surface area contributed by atoms with Crippen LogP contribution in [0.5, 0.6) is 11.5 Å². The third-order valence-corrected chi connectivity index (χ3v) is 15.3. The van der Waals surface area contributed by atoms with Crippen molar-refractivity contribution >= 4 is 83.6 Å². The summed E-state index contributed by atoms with van der Waals surface area (Å²) in [6.45, 7) is 2.08. The fourth-order valence-corrected chi connectivity index (χ4v) is 10.3. The second-order valence-corrected chi connectivity index (χ2v) is 21.9. The number of sulfone groups is 1. The van der Waals surface area contributed by atoms with E-state index in [1.807, 2.05) is 0 Å². The van der Waals surface area contributed by atoms with Crippen LogP contribution in [0.15, 0.2) is 119 Å². The summed E-state index contributed by atoms with van der Waals surface area (Å²) in [5.41, 5.74) is -0.0290. The molecule has 0 unspecified atom stereocenters. The average molecular weight is 1140 g/mol. The van der Waals surface area contributed by atoms with E-state index < -0.39 is 99.1 Å². The van der Waals surface area contributed by atoms with Crippen molar-refractivity contribution in [3.05, 3.63) is 159 Å². The van der Waals surface area contributed by atoms with E-state index in [1.165, 1.54) is 40.9 Å². The Balaban J connectivity index is 0.000000222. The first kappa shape index (κ1) is 57.4. The van der Waals surface area contributed by atoms with Crippen LogP contribution >= 0.6 is 34.8 Å². The molecule has 0 radical (unpaired) electrons. The molecule has 2 fully saturated rings. The van der Waals surface area contributed by atoms with Crippen LogP contribution in [0.4, 0.5) is 32.8 Å². The normalized spacial score (nSPS) is 12.9. The molecular formula is C51H46Cl3F4N5O10S2. The highest BCUT2D eigenvalue weighted by Crippen LogP contribution is 2.39. The molecule has 0 atom stereocenters. The van der Waals surface area contributed by atoms with Crippen molar-refractivity contribution in [2.45, 2.75) is 28.4 Å². The van der Waals surface area contributed by atoms with Crippen molar-refractivity contribution in [1.82, 2.24) is 19.6 Å². The van der Waals surface area contributed by atoms with E-state index in [0.717, 1.165) is 42.0 Å². The van der Waals surface area contributed by atoms with Gasteiger partial charge in [0.2, 0.25) is 0 Å². The van der Waals surface area contributed by atoms with E-state index in [9.17, 15) is 58.7 Å². The Morgan fingerprint density at radius 3 is 1.53 bits per heavy atom. The molecule has 6 aromatic rings. The van der Waals surface area contributed by atoms with Gasteiger partial charge in [0.05, 0.1) is 21.5 Å². The number of sulfonamides is 1. The third-order valence-electron chi connectivity index (χ3n) is 11.3. The summed E-state index contributed by atoms with van der Waals surface area (Å²) >= 11 is 17.2. The highest BCUT2D eigenvalue weighted by molar-refractivity contribution is 7.92. The van der Waals surface area contributed by atoms with Crippen LogP contribution in [-0.2, 0) is 25.6 Å². The van der Waals surface area contributed by atoms with E-state index in [0.29, 0.717) is 49.4 Å². The number of rotatable bonds is 11. The largest absolute Gasteiger partial charge is 0.505 e. The zero-order chi connectivity index (χ0) is 55.1. The standard InChI is InChI=1S/C25H22ClF2N3O5S.C23H18ClF2NO4S.C3H6ClNO/c1-30(2)25(33)36-23-18(26)11-16(24(32)31-9-6-10-31)12-22(23)37(34,35)29-21-13-17(19(27)14-20(21)28)15-7-4-3-5-8-15;24-18-10-15(23(29)27-7-4-8-27)11-21(22(18)28)32(30,31)13-16-9-17(20(26)12-19(16)25)14-5-2-1-3-6-14;1-5(2)3(4)6/h3-5,7-8,11-14,29H,6,9-10H2,1-2H3;1-3,5-6,9-12,28H,4,7-8,13H2;1-2H3. The molecule has 2 aliphatic heterocycles. The zero-order valence-corrected chi connectivity index (χ0v) is 44.1. The fraction of sp³-hybridized carbons (Fsp3) is 0.216. The van der Waals surface area contributed by atoms with Gasteiger partial charge in [-0.3, -0.25) is 19.1 Å². The smallest absolute Gasteiger partial charge is 0.414 e. The summed E-state index contributed by atoms with van der Waals surface area (Å²) in [5, 5.41) is 9.23. The van der Waals surface area contributed by atoms with Crippen LogP contribution in [-0.4, -0.2) is 119 Å². The number of nitrogens with one attached hydrogen (secondary N) is 1. The number of amides is 4. The van der Waals surface area contributed by atoms with Gasteiger partial charge in [-0.05, 0) is 72.0 Å². The maximum atomic E-state index is 14.7. The van der Waals surface area contributed by atoms with E-state index in [-0.39, 0.29) is 37.9 Å². The van der Waals surface area contributed by atoms with E-state index in [2.05, 4.69) is 4.72 Å². The number of hydrogen-bond donors (Lipinski definition) is 2. The van der Waals surface area contributed by atoms with Crippen molar-refractivity contribution in [2.75, 3.05) is 59.1 Å². The zero-order valence-electron chi connectivity index (χ0n) is 40.2. The van der Waals surface area contributed by atoms with Crippen molar-refractivity contribution in [3.63, 3.8) is 0 Å². The molecule has 0 bridgehead atoms. The summed E-state index contributed by atoms with van der Waals surface area (Å²) in [4.78, 5) is 51.5. The van der Waals surface area contributed by atoms with Crippen molar-refractivity contribution in [3.8, 4) is 33.8 Å². The number of anilines is 1. The van der Waals surface area contributed by atoms with Gasteiger partial charge in [-0.1, -0.05) is 83.9 Å². The predicted molar refractivity (Wildman–Crippen MR) is 276 cm³/mol. The van der Waals surface area contributed by atoms with Gasteiger partial charge in [0.15, 0.2) is 21.3 Å². The van der Waals surface area contributed by atoms with Gasteiger partial charge in [-0.25, -0.2) is 39.2 Å². The lowest BCUT2D eigenvalue weighted by Crippen LogP contribution is -2.42. The van der Waals surface area contributed by atoms with E-state index >= 15 is 0 Å². The minimum absolute atomic E-state index is 0.00984. The second-order valence-electron chi connectivity index (χ2n) is 17.1. The molecule has 2 aliphatic rings. The first-order valence-corrected chi connectivity index (χ1v) is 26.6. The monoisotopic (exact) mass is 1130 g/mol. The van der Waals surface area contributed by atoms with Crippen molar-refractivity contribution < 1.29 is 63.4 Å². The molecular weight excluding hydrogens is 1090 g/mol. The van der Waals surface area contributed by atoms with Crippen molar-refractivity contribution in [2.24, 2.45) is 0 Å². The molecule has 4 amide bonds. The number of phenols is 1. The topological polar surface area (TPSA) is 191 Å². The summed E-state index contributed by atoms with van der Waals surface area (Å²) < 4.78 is 118. The first-order valence-electron chi connectivity index (χ1n) is 22.3. The number of nitrogens with zero attached hydrogens (tertiary/aromatic N) is 4. The molecule has 2 N–H and O–H groups in total. The second kappa shape index (κ2) is 24.2. The van der Waals surface area contributed by atoms with Gasteiger partial charge in [0.25, 0.3) is 21.8 Å². The summed E-state index contributed by atoms with van der Waals surface area (Å²) in [7, 11) is -3.10. The maximum Gasteiger partial charge on any atom is 0.414 e. The molecule has 0 aromatic heterocycles. The summed E-state index contributed by atoms with van der Waals surface area (Å²) in [6, 6.07) is 24.3. The van der Waals surface area contributed by atoms with Crippen LogP contribution in [0.2, 0.25) is 10.0 Å². The van der Waals surface area contributed by atoms with Crippen LogP contribution in [0.25, 0.3) is 22.3 Å². The Kier molecular flexibility index (Phi) is 18.5.